The molecule has 2 N–H and O–H groups in total. The van der Waals surface area contributed by atoms with Crippen LogP contribution in [0, 0.1) is 0 Å². The Bertz CT molecular complexity index is 659. The van der Waals surface area contributed by atoms with Crippen LogP contribution in [-0.4, -0.2) is 30.8 Å². The Labute approximate surface area is 122 Å². The fraction of sp³-hybridized carbons (Fsp3) is 0.467. The predicted molar refractivity (Wildman–Crippen MR) is 77.2 cm³/mol. The van der Waals surface area contributed by atoms with Gasteiger partial charge >= 0.3 is 5.97 Å². The fourth-order valence-corrected chi connectivity index (χ4v) is 2.67. The molecule has 0 unspecified atom stereocenters. The Morgan fingerprint density at radius 1 is 1.48 bits per heavy atom. The van der Waals surface area contributed by atoms with Crippen molar-refractivity contribution in [2.75, 3.05) is 25.6 Å². The lowest BCUT2D eigenvalue weighted by Gasteiger charge is -2.21. The van der Waals surface area contributed by atoms with Gasteiger partial charge in [-0.05, 0) is 37.3 Å². The van der Waals surface area contributed by atoms with E-state index in [0.717, 1.165) is 31.6 Å². The number of nitrogens with two attached hydrogens (primary N) is 1. The maximum Gasteiger partial charge on any atom is 0.345 e. The maximum absolute atomic E-state index is 11.9. The van der Waals surface area contributed by atoms with E-state index in [1.807, 2.05) is 6.07 Å². The van der Waals surface area contributed by atoms with E-state index >= 15 is 0 Å². The first-order valence-electron chi connectivity index (χ1n) is 7.13. The number of nitrogen functional groups attached to an aromatic ring is 1. The SMILES string of the molecule is CCOC(=O)c1c(N)oc2cc(C3CCOCC3)cnc12. The van der Waals surface area contributed by atoms with Crippen LogP contribution in [0.3, 0.4) is 0 Å². The van der Waals surface area contributed by atoms with Crippen LogP contribution in [0.5, 0.6) is 0 Å². The van der Waals surface area contributed by atoms with E-state index in [1.54, 1.807) is 13.1 Å². The number of furan rings is 1. The zero-order chi connectivity index (χ0) is 14.8. The standard InChI is InChI=1S/C15H18N2O4/c1-2-20-15(18)12-13-11(21-14(12)16)7-10(8-17-13)9-3-5-19-6-4-9/h7-9H,2-6,16H2,1H3. The molecular weight excluding hydrogens is 272 g/mol. The molecule has 0 spiro atoms. The first kappa shape index (κ1) is 13.9. The summed E-state index contributed by atoms with van der Waals surface area (Å²) >= 11 is 0. The van der Waals surface area contributed by atoms with E-state index in [2.05, 4.69) is 4.98 Å². The van der Waals surface area contributed by atoms with Crippen LogP contribution in [0.25, 0.3) is 11.1 Å². The van der Waals surface area contributed by atoms with E-state index in [0.29, 0.717) is 17.0 Å². The molecule has 1 aliphatic rings. The second kappa shape index (κ2) is 5.73. The third-order valence-corrected chi connectivity index (χ3v) is 3.75. The average Bonchev–Trinajstić information content (AvgIpc) is 2.83. The molecule has 112 valence electrons. The molecule has 0 amide bonds. The quantitative estimate of drug-likeness (QED) is 0.874. The molecule has 0 aromatic carbocycles. The summed E-state index contributed by atoms with van der Waals surface area (Å²) in [5.41, 5.74) is 8.08. The van der Waals surface area contributed by atoms with Gasteiger partial charge in [-0.3, -0.25) is 4.98 Å². The minimum Gasteiger partial charge on any atom is -0.462 e. The lowest BCUT2D eigenvalue weighted by Crippen LogP contribution is -2.14. The minimum atomic E-state index is -0.500. The lowest BCUT2D eigenvalue weighted by molar-refractivity contribution is 0.0529. The molecule has 3 rings (SSSR count). The summed E-state index contributed by atoms with van der Waals surface area (Å²) < 4.78 is 15.8. The second-order valence-corrected chi connectivity index (χ2v) is 5.06. The number of anilines is 1. The first-order valence-corrected chi connectivity index (χ1v) is 7.13. The monoisotopic (exact) mass is 290 g/mol. The van der Waals surface area contributed by atoms with E-state index in [4.69, 9.17) is 19.6 Å². The van der Waals surface area contributed by atoms with E-state index in [1.165, 1.54) is 0 Å². The highest BCUT2D eigenvalue weighted by Gasteiger charge is 2.23. The smallest absolute Gasteiger partial charge is 0.345 e. The molecule has 2 aromatic heterocycles. The van der Waals surface area contributed by atoms with Gasteiger partial charge in [0.15, 0.2) is 5.58 Å². The van der Waals surface area contributed by atoms with E-state index in [9.17, 15) is 4.79 Å². The highest BCUT2D eigenvalue weighted by atomic mass is 16.5. The van der Waals surface area contributed by atoms with Crippen molar-refractivity contribution in [3.63, 3.8) is 0 Å². The van der Waals surface area contributed by atoms with Gasteiger partial charge in [-0.2, -0.15) is 0 Å². The number of fused-ring (bicyclic) bond motifs is 1. The number of pyridine rings is 1. The van der Waals surface area contributed by atoms with Gasteiger partial charge in [0.05, 0.1) is 6.61 Å². The number of hydrogen-bond acceptors (Lipinski definition) is 6. The van der Waals surface area contributed by atoms with Crippen LogP contribution < -0.4 is 5.73 Å². The highest BCUT2D eigenvalue weighted by molar-refractivity contribution is 6.06. The van der Waals surface area contributed by atoms with Crippen molar-refractivity contribution in [1.82, 2.24) is 4.98 Å². The van der Waals surface area contributed by atoms with Crippen molar-refractivity contribution in [3.05, 3.63) is 23.4 Å². The van der Waals surface area contributed by atoms with Crippen LogP contribution in [0.4, 0.5) is 5.88 Å². The molecule has 0 aliphatic carbocycles. The van der Waals surface area contributed by atoms with Crippen molar-refractivity contribution < 1.29 is 18.7 Å². The van der Waals surface area contributed by atoms with Gasteiger partial charge in [0.2, 0.25) is 5.88 Å². The van der Waals surface area contributed by atoms with Gasteiger partial charge < -0.3 is 19.6 Å². The molecule has 0 bridgehead atoms. The van der Waals surface area contributed by atoms with Gasteiger partial charge in [-0.25, -0.2) is 4.79 Å². The summed E-state index contributed by atoms with van der Waals surface area (Å²) in [6, 6.07) is 1.91. The van der Waals surface area contributed by atoms with Crippen LogP contribution in [-0.2, 0) is 9.47 Å². The summed E-state index contributed by atoms with van der Waals surface area (Å²) in [7, 11) is 0. The molecule has 0 atom stereocenters. The number of nitrogens with zero attached hydrogens (tertiary/aromatic N) is 1. The van der Waals surface area contributed by atoms with Crippen molar-refractivity contribution in [1.29, 1.82) is 0 Å². The van der Waals surface area contributed by atoms with Crippen LogP contribution in [0.15, 0.2) is 16.7 Å². The Morgan fingerprint density at radius 3 is 2.95 bits per heavy atom. The molecule has 21 heavy (non-hydrogen) atoms. The molecule has 2 aromatic rings. The van der Waals surface area contributed by atoms with Crippen molar-refractivity contribution >= 4 is 23.0 Å². The fourth-order valence-electron chi connectivity index (χ4n) is 2.67. The number of carbonyl (C=O) groups is 1. The molecule has 1 fully saturated rings. The largest absolute Gasteiger partial charge is 0.462 e. The Hall–Kier alpha value is -2.08. The summed E-state index contributed by atoms with van der Waals surface area (Å²) in [5.74, 6) is -0.0341. The summed E-state index contributed by atoms with van der Waals surface area (Å²) in [4.78, 5) is 16.3. The van der Waals surface area contributed by atoms with Crippen molar-refractivity contribution in [2.45, 2.75) is 25.7 Å². The van der Waals surface area contributed by atoms with Gasteiger partial charge in [0, 0.05) is 19.4 Å². The number of hydrogen-bond donors (Lipinski definition) is 1. The lowest BCUT2D eigenvalue weighted by atomic mass is 9.93. The number of carbonyl (C=O) groups excluding carboxylic acids is 1. The molecule has 3 heterocycles. The normalized spacial score (nSPS) is 16.2. The molecule has 0 radical (unpaired) electrons. The average molecular weight is 290 g/mol. The Kier molecular flexibility index (Phi) is 3.79. The maximum atomic E-state index is 11.9. The molecule has 1 saturated heterocycles. The van der Waals surface area contributed by atoms with Crippen molar-refractivity contribution in [2.24, 2.45) is 0 Å². The molecule has 6 nitrogen and oxygen atoms in total. The van der Waals surface area contributed by atoms with Crippen LogP contribution in [0.1, 0.15) is 41.6 Å². The number of rotatable bonds is 3. The zero-order valence-electron chi connectivity index (χ0n) is 11.9. The summed E-state index contributed by atoms with van der Waals surface area (Å²) in [5, 5.41) is 0. The molecular formula is C15H18N2O4. The zero-order valence-corrected chi connectivity index (χ0v) is 11.9. The Morgan fingerprint density at radius 2 is 2.24 bits per heavy atom. The number of aromatic nitrogens is 1. The number of esters is 1. The van der Waals surface area contributed by atoms with Gasteiger partial charge in [-0.1, -0.05) is 0 Å². The van der Waals surface area contributed by atoms with E-state index < -0.39 is 5.97 Å². The summed E-state index contributed by atoms with van der Waals surface area (Å²) in [6.07, 6.45) is 3.72. The van der Waals surface area contributed by atoms with Gasteiger partial charge in [0.1, 0.15) is 11.1 Å². The first-order chi connectivity index (χ1) is 10.2. The number of ether oxygens (including phenoxy) is 2. The third kappa shape index (κ3) is 2.58. The minimum absolute atomic E-state index is 0.0556. The second-order valence-electron chi connectivity index (χ2n) is 5.06. The predicted octanol–water partition coefficient (Wildman–Crippen LogP) is 2.48. The van der Waals surface area contributed by atoms with Gasteiger partial charge in [0.25, 0.3) is 0 Å². The van der Waals surface area contributed by atoms with Crippen LogP contribution >= 0.6 is 0 Å². The van der Waals surface area contributed by atoms with Crippen LogP contribution in [0.2, 0.25) is 0 Å². The van der Waals surface area contributed by atoms with E-state index in [-0.39, 0.29) is 18.1 Å². The molecule has 6 heteroatoms. The summed E-state index contributed by atoms with van der Waals surface area (Å²) in [6.45, 7) is 3.55. The van der Waals surface area contributed by atoms with Gasteiger partial charge in [-0.15, -0.1) is 0 Å². The highest BCUT2D eigenvalue weighted by Crippen LogP contribution is 2.32. The molecule has 0 saturated carbocycles. The third-order valence-electron chi connectivity index (χ3n) is 3.75. The van der Waals surface area contributed by atoms with Crippen molar-refractivity contribution in [3.8, 4) is 0 Å². The topological polar surface area (TPSA) is 87.6 Å². The molecule has 1 aliphatic heterocycles. The Balaban J connectivity index is 1.97.